The number of nitrogens with two attached hydrogens (primary N) is 2. The van der Waals surface area contributed by atoms with Crippen molar-refractivity contribution in [1.29, 1.82) is 0 Å². The Hall–Kier alpha value is -2.65. The lowest BCUT2D eigenvalue weighted by Crippen LogP contribution is -2.54. The van der Waals surface area contributed by atoms with Gasteiger partial charge in [0, 0.05) is 165 Å². The van der Waals surface area contributed by atoms with Crippen molar-refractivity contribution in [2.24, 2.45) is 11.5 Å². The molecule has 4 heterocycles. The molecule has 7 N–H and O–H groups in total. The van der Waals surface area contributed by atoms with Gasteiger partial charge in [0.2, 0.25) is 23.6 Å². The first-order chi connectivity index (χ1) is 34.9. The first kappa shape index (κ1) is 66.5. The molecule has 6 rings (SSSR count). The molecule has 0 aliphatic carbocycles. The van der Waals surface area contributed by atoms with Crippen molar-refractivity contribution >= 4 is 173 Å². The number of nitrogens with one attached hydrogen (secondary N) is 3. The highest BCUT2D eigenvalue weighted by molar-refractivity contribution is 8.75. The summed E-state index contributed by atoms with van der Waals surface area (Å²) >= 11 is 9.40. The summed E-state index contributed by atoms with van der Waals surface area (Å²) in [6, 6.07) is 6.61. The molecule has 406 valence electrons. The molecular formula is C40H54FN7O12S13. The largest absolute Gasteiger partial charge is 0.382 e. The zero-order chi connectivity index (χ0) is 52.7. The second-order valence-electron chi connectivity index (χ2n) is 14.0. The molecule has 0 aromatic heterocycles. The number of carbonyl (C=O) groups is 8. The molecule has 2 saturated heterocycles. The number of hydrogen-bond acceptors (Lipinski definition) is 17. The van der Waals surface area contributed by atoms with Crippen molar-refractivity contribution in [2.75, 3.05) is 77.8 Å². The molecule has 2 aromatic carbocycles. The maximum Gasteiger partial charge on any atom is 0.265 e. The molecule has 73 heavy (non-hydrogen) atoms. The highest BCUT2D eigenvalue weighted by atomic mass is 33.5. The fourth-order valence-corrected chi connectivity index (χ4v) is 31.1. The van der Waals surface area contributed by atoms with E-state index in [-0.39, 0.29) is 55.4 Å². The molecule has 2 aromatic rings. The number of carbonyl (C=O) groups excluding carboxylic acids is 8. The van der Waals surface area contributed by atoms with E-state index in [1.165, 1.54) is 29.9 Å². The lowest BCUT2D eigenvalue weighted by molar-refractivity contribution is -0.137. The van der Waals surface area contributed by atoms with Crippen molar-refractivity contribution < 1.29 is 61.7 Å². The van der Waals surface area contributed by atoms with Gasteiger partial charge >= 0.3 is 0 Å². The lowest BCUT2D eigenvalue weighted by Gasteiger charge is -2.27. The first-order valence-electron chi connectivity index (χ1n) is 21.3. The minimum atomic E-state index is -1.07. The Kier molecular flexibility index (Phi) is 35.3. The summed E-state index contributed by atoms with van der Waals surface area (Å²) in [6.07, 6.45) is 1.36. The maximum atomic E-state index is 13.7. The highest BCUT2D eigenvalue weighted by Gasteiger charge is 2.47. The van der Waals surface area contributed by atoms with Crippen molar-refractivity contribution in [3.05, 3.63) is 64.5 Å². The van der Waals surface area contributed by atoms with Gasteiger partial charge in [-0.2, -0.15) is 0 Å². The Bertz CT molecular complexity index is 2760. The summed E-state index contributed by atoms with van der Waals surface area (Å²) in [7, 11) is 18.1. The van der Waals surface area contributed by atoms with Crippen LogP contribution in [0.5, 0.6) is 0 Å². The number of amides is 8. The molecule has 0 saturated carbocycles. The van der Waals surface area contributed by atoms with Gasteiger partial charge in [0.05, 0.1) is 68.5 Å². The lowest BCUT2D eigenvalue weighted by atomic mass is 10.0. The van der Waals surface area contributed by atoms with E-state index in [9.17, 15) is 42.7 Å². The second kappa shape index (κ2) is 38.8. The number of nitrogens with zero attached hydrogens (tertiary/aromatic N) is 2. The van der Waals surface area contributed by atoms with Crippen LogP contribution in [0.15, 0.2) is 36.4 Å². The van der Waals surface area contributed by atoms with Gasteiger partial charge in [-0.15, -0.1) is 0 Å². The average Bonchev–Trinajstić information content (AvgIpc) is 3.78. The van der Waals surface area contributed by atoms with Crippen LogP contribution in [0.3, 0.4) is 0 Å². The van der Waals surface area contributed by atoms with E-state index in [0.29, 0.717) is 71.6 Å². The minimum absolute atomic E-state index is 0. The number of rotatable bonds is 18. The quantitative estimate of drug-likeness (QED) is 0.102. The first-order valence-corrected chi connectivity index (χ1v) is 37.3. The van der Waals surface area contributed by atoms with E-state index < -0.39 is 65.2 Å². The molecule has 0 bridgehead atoms. The van der Waals surface area contributed by atoms with Gasteiger partial charge in [-0.1, -0.05) is 26.5 Å². The van der Waals surface area contributed by atoms with Gasteiger partial charge in [-0.05, 0) is 43.5 Å². The molecule has 4 aliphatic heterocycles. The summed E-state index contributed by atoms with van der Waals surface area (Å²) < 4.78 is 34.5. The molecule has 2 atom stereocenters. The SMILES string of the molecule is C.CCCOCCOCCN.NCCOCCOCCNc1cccc2c1C(=O)N(C1CCC(=O)NC1=O)C2=O.O=C1CCC(N2C(=O)c3cccc(F)c3C2=O)C(=O)N1.S=S=S=S=S=S=S=S=S=S=S=S=S. The van der Waals surface area contributed by atoms with Gasteiger partial charge < -0.3 is 35.7 Å². The Morgan fingerprint density at radius 2 is 1.00 bits per heavy atom. The molecular weight excluding hydrogens is 1210 g/mol. The van der Waals surface area contributed by atoms with Gasteiger partial charge in [-0.25, -0.2) is 4.39 Å². The van der Waals surface area contributed by atoms with Crippen molar-refractivity contribution in [2.45, 2.75) is 58.5 Å². The monoisotopic (exact) mass is 1260 g/mol. The zero-order valence-electron chi connectivity index (χ0n) is 38.1. The van der Waals surface area contributed by atoms with Crippen molar-refractivity contribution in [3.63, 3.8) is 0 Å². The predicted octanol–water partition coefficient (Wildman–Crippen LogP) is 0.712. The fraction of sp³-hybridized carbons (Fsp3) is 0.500. The van der Waals surface area contributed by atoms with Crippen LogP contribution in [0.4, 0.5) is 10.1 Å². The normalized spacial score (nSPS) is 16.2. The van der Waals surface area contributed by atoms with E-state index in [1.54, 1.807) is 98.1 Å². The molecule has 2 unspecified atom stereocenters. The number of halogens is 1. The number of ether oxygens (including phenoxy) is 4. The fourth-order valence-electron chi connectivity index (χ4n) is 6.45. The van der Waals surface area contributed by atoms with E-state index in [4.69, 9.17) is 52.8 Å². The van der Waals surface area contributed by atoms with Crippen LogP contribution in [0.25, 0.3) is 0 Å². The smallest absolute Gasteiger partial charge is 0.265 e. The van der Waals surface area contributed by atoms with Crippen molar-refractivity contribution in [3.8, 4) is 0 Å². The third kappa shape index (κ3) is 22.5. The van der Waals surface area contributed by atoms with Gasteiger partial charge in [0.1, 0.15) is 17.9 Å². The summed E-state index contributed by atoms with van der Waals surface area (Å²) in [5.74, 6) is -5.61. The van der Waals surface area contributed by atoms with Crippen LogP contribution in [0.1, 0.15) is 87.9 Å². The zero-order valence-corrected chi connectivity index (χ0v) is 48.7. The van der Waals surface area contributed by atoms with Gasteiger partial charge in [-0.3, -0.25) is 58.8 Å². The minimum Gasteiger partial charge on any atom is -0.382 e. The molecule has 2 fully saturated rings. The van der Waals surface area contributed by atoms with Crippen LogP contribution in [0.2, 0.25) is 0 Å². The summed E-state index contributed by atoms with van der Waals surface area (Å²) in [5.41, 5.74) is 11.1. The molecule has 19 nitrogen and oxygen atoms in total. The molecule has 4 aliphatic rings. The standard InChI is InChI=1S/C19H24N4O6.C13H9FN2O4.C7H17NO2.CH4.S13/c20-6-8-28-10-11-29-9-7-21-13-3-1-2-12-16(13)19(27)23(18(12)26)14-4-5-15(24)22-17(14)25;14-7-3-1-2-6-10(7)13(20)16(12(6)19)8-4-5-9(17)15-11(8)18;1-2-4-9-6-7-10-5-3-8;;1-3-5-7-9-11-13-12-10-8-6-4-2/h1-3,14,21H,4-11,20H2,(H,22,24,25);1-3,8H,4-5H2,(H,15,17,18);2-8H2,1H3;1H4;. The van der Waals surface area contributed by atoms with Gasteiger partial charge in [0.25, 0.3) is 23.6 Å². The Balaban J connectivity index is 0.000000361. The third-order valence-corrected chi connectivity index (χ3v) is 31.6. The van der Waals surface area contributed by atoms with Crippen molar-refractivity contribution in [1.82, 2.24) is 20.4 Å². The van der Waals surface area contributed by atoms with E-state index in [0.717, 1.165) is 28.9 Å². The highest BCUT2D eigenvalue weighted by Crippen LogP contribution is 2.32. The van der Waals surface area contributed by atoms with Crippen LogP contribution in [-0.2, 0) is 158 Å². The number of benzene rings is 2. The van der Waals surface area contributed by atoms with Crippen LogP contribution < -0.4 is 27.4 Å². The summed E-state index contributed by atoms with van der Waals surface area (Å²) in [4.78, 5) is 98.0. The summed E-state index contributed by atoms with van der Waals surface area (Å²) in [5, 5.41) is 7.35. The number of imide groups is 4. The van der Waals surface area contributed by atoms with Gasteiger partial charge in [0.15, 0.2) is 0 Å². The Morgan fingerprint density at radius 1 is 0.589 bits per heavy atom. The number of fused-ring (bicyclic) bond motifs is 2. The molecule has 33 heteroatoms. The predicted molar refractivity (Wildman–Crippen MR) is 309 cm³/mol. The van der Waals surface area contributed by atoms with E-state index in [2.05, 4.69) is 22.9 Å². The average molecular weight is 1260 g/mol. The number of piperidine rings is 2. The van der Waals surface area contributed by atoms with E-state index in [1.807, 2.05) is 0 Å². The Morgan fingerprint density at radius 3 is 1.42 bits per heavy atom. The number of hydrogen-bond donors (Lipinski definition) is 5. The topological polar surface area (TPSA) is 268 Å². The molecule has 8 amide bonds. The molecule has 0 spiro atoms. The number of anilines is 1. The Labute approximate surface area is 463 Å². The van der Waals surface area contributed by atoms with Crippen LogP contribution in [-0.4, -0.2) is 142 Å². The maximum absolute atomic E-state index is 13.7. The van der Waals surface area contributed by atoms with E-state index >= 15 is 0 Å². The second-order valence-corrected chi connectivity index (χ2v) is 33.4. The van der Waals surface area contributed by atoms with Crippen LogP contribution >= 0.6 is 0 Å². The summed E-state index contributed by atoms with van der Waals surface area (Å²) in [6.45, 7) is 8.12. The third-order valence-electron chi connectivity index (χ3n) is 9.34. The van der Waals surface area contributed by atoms with Crippen LogP contribution in [0, 0.1) is 5.82 Å². The molecule has 0 radical (unpaired) electrons.